The van der Waals surface area contributed by atoms with Crippen LogP contribution in [0.1, 0.15) is 62.6 Å². The van der Waals surface area contributed by atoms with E-state index in [9.17, 15) is 4.39 Å². The molecule has 1 rings (SSSR count). The molecule has 3 heteroatoms. The number of halogens is 1. The molecule has 0 aromatic heterocycles. The van der Waals surface area contributed by atoms with Crippen LogP contribution in [0.15, 0.2) is 18.2 Å². The van der Waals surface area contributed by atoms with Crippen LogP contribution in [0.5, 0.6) is 0 Å². The summed E-state index contributed by atoms with van der Waals surface area (Å²) in [6.45, 7) is 3.99. The van der Waals surface area contributed by atoms with E-state index in [1.807, 2.05) is 12.1 Å². The Morgan fingerprint density at radius 2 is 1.94 bits per heavy atom. The van der Waals surface area contributed by atoms with Crippen molar-refractivity contribution in [2.24, 2.45) is 5.84 Å². The average molecular weight is 252 g/mol. The predicted molar refractivity (Wildman–Crippen MR) is 74.6 cm³/mol. The number of hydrogen-bond acceptors (Lipinski definition) is 2. The molecule has 0 amide bonds. The third-order valence-electron chi connectivity index (χ3n) is 3.39. The first-order valence-electron chi connectivity index (χ1n) is 6.91. The summed E-state index contributed by atoms with van der Waals surface area (Å²) >= 11 is 0. The zero-order valence-electron chi connectivity index (χ0n) is 11.5. The van der Waals surface area contributed by atoms with E-state index >= 15 is 0 Å². The SMILES string of the molecule is CCCCCCCC(NN)c1cccc(C)c1F. The summed E-state index contributed by atoms with van der Waals surface area (Å²) in [5.41, 5.74) is 4.10. The molecule has 0 saturated heterocycles. The third kappa shape index (κ3) is 4.39. The molecule has 1 atom stereocenters. The number of benzene rings is 1. The van der Waals surface area contributed by atoms with Crippen LogP contribution in [0.4, 0.5) is 4.39 Å². The summed E-state index contributed by atoms with van der Waals surface area (Å²) < 4.78 is 14.0. The molecule has 1 unspecified atom stereocenters. The molecule has 0 spiro atoms. The van der Waals surface area contributed by atoms with Crippen LogP contribution < -0.4 is 11.3 Å². The van der Waals surface area contributed by atoms with Crippen LogP contribution in [0.2, 0.25) is 0 Å². The van der Waals surface area contributed by atoms with Crippen LogP contribution in [-0.2, 0) is 0 Å². The normalized spacial score (nSPS) is 12.7. The number of nitrogens with one attached hydrogen (secondary N) is 1. The van der Waals surface area contributed by atoms with Gasteiger partial charge in [0.15, 0.2) is 0 Å². The Morgan fingerprint density at radius 1 is 1.22 bits per heavy atom. The molecule has 18 heavy (non-hydrogen) atoms. The summed E-state index contributed by atoms with van der Waals surface area (Å²) in [6, 6.07) is 5.41. The van der Waals surface area contributed by atoms with E-state index in [1.165, 1.54) is 25.7 Å². The lowest BCUT2D eigenvalue weighted by Crippen LogP contribution is -2.28. The van der Waals surface area contributed by atoms with Gasteiger partial charge >= 0.3 is 0 Å². The highest BCUT2D eigenvalue weighted by molar-refractivity contribution is 5.27. The molecule has 0 aliphatic carbocycles. The zero-order chi connectivity index (χ0) is 13.4. The monoisotopic (exact) mass is 252 g/mol. The van der Waals surface area contributed by atoms with Crippen molar-refractivity contribution in [3.63, 3.8) is 0 Å². The molecule has 0 aliphatic rings. The summed E-state index contributed by atoms with van der Waals surface area (Å²) in [5, 5.41) is 0. The zero-order valence-corrected chi connectivity index (χ0v) is 11.5. The lowest BCUT2D eigenvalue weighted by atomic mass is 9.98. The first kappa shape index (κ1) is 15.1. The molecular formula is C15H25FN2. The van der Waals surface area contributed by atoms with Crippen molar-refractivity contribution in [3.05, 3.63) is 35.1 Å². The first-order valence-corrected chi connectivity index (χ1v) is 6.91. The molecule has 1 aromatic rings. The van der Waals surface area contributed by atoms with Gasteiger partial charge in [0.1, 0.15) is 5.82 Å². The Morgan fingerprint density at radius 3 is 2.61 bits per heavy atom. The maximum Gasteiger partial charge on any atom is 0.130 e. The minimum absolute atomic E-state index is 0.0773. The van der Waals surface area contributed by atoms with Crippen molar-refractivity contribution >= 4 is 0 Å². The second-order valence-corrected chi connectivity index (χ2v) is 4.90. The van der Waals surface area contributed by atoms with Gasteiger partial charge in [-0.3, -0.25) is 11.3 Å². The molecule has 0 saturated carbocycles. The Balaban J connectivity index is 2.52. The van der Waals surface area contributed by atoms with Gasteiger partial charge in [-0.25, -0.2) is 4.39 Å². The summed E-state index contributed by atoms with van der Waals surface area (Å²) in [6.07, 6.45) is 6.94. The quantitative estimate of drug-likeness (QED) is 0.417. The standard InChI is InChI=1S/C15H25FN2/c1-3-4-5-6-7-11-14(18-17)13-10-8-9-12(2)15(13)16/h8-10,14,18H,3-7,11,17H2,1-2H3. The number of unbranched alkanes of at least 4 members (excludes halogenated alkanes) is 4. The lowest BCUT2D eigenvalue weighted by Gasteiger charge is -2.17. The molecule has 3 N–H and O–H groups in total. The van der Waals surface area contributed by atoms with Gasteiger partial charge in [0, 0.05) is 11.6 Å². The Hall–Kier alpha value is -0.930. The number of nitrogens with two attached hydrogens (primary N) is 1. The smallest absolute Gasteiger partial charge is 0.130 e. The fraction of sp³-hybridized carbons (Fsp3) is 0.600. The van der Waals surface area contributed by atoms with Gasteiger partial charge in [-0.05, 0) is 18.9 Å². The van der Waals surface area contributed by atoms with E-state index in [0.717, 1.165) is 12.8 Å². The van der Waals surface area contributed by atoms with E-state index in [0.29, 0.717) is 11.1 Å². The molecule has 0 aliphatic heterocycles. The Bertz CT molecular complexity index is 352. The van der Waals surface area contributed by atoms with Crippen molar-refractivity contribution in [2.45, 2.75) is 58.4 Å². The van der Waals surface area contributed by atoms with E-state index in [1.54, 1.807) is 13.0 Å². The van der Waals surface area contributed by atoms with E-state index < -0.39 is 0 Å². The van der Waals surface area contributed by atoms with Crippen molar-refractivity contribution < 1.29 is 4.39 Å². The third-order valence-corrected chi connectivity index (χ3v) is 3.39. The maximum absolute atomic E-state index is 14.0. The number of hydrogen-bond donors (Lipinski definition) is 2. The molecule has 0 bridgehead atoms. The minimum Gasteiger partial charge on any atom is -0.271 e. The minimum atomic E-state index is -0.131. The molecular weight excluding hydrogens is 227 g/mol. The summed E-state index contributed by atoms with van der Waals surface area (Å²) in [7, 11) is 0. The largest absolute Gasteiger partial charge is 0.271 e. The Kier molecular flexibility index (Phi) is 6.91. The van der Waals surface area contributed by atoms with Crippen LogP contribution in [-0.4, -0.2) is 0 Å². The van der Waals surface area contributed by atoms with Crippen molar-refractivity contribution in [3.8, 4) is 0 Å². The molecule has 0 fully saturated rings. The lowest BCUT2D eigenvalue weighted by molar-refractivity contribution is 0.457. The van der Waals surface area contributed by atoms with Crippen molar-refractivity contribution in [1.29, 1.82) is 0 Å². The highest BCUT2D eigenvalue weighted by atomic mass is 19.1. The number of rotatable bonds is 8. The molecule has 0 heterocycles. The fourth-order valence-electron chi connectivity index (χ4n) is 2.22. The second kappa shape index (κ2) is 8.22. The molecule has 1 aromatic carbocycles. The highest BCUT2D eigenvalue weighted by Crippen LogP contribution is 2.23. The Labute approximate surface area is 110 Å². The van der Waals surface area contributed by atoms with Gasteiger partial charge in [-0.1, -0.05) is 57.2 Å². The fourth-order valence-corrected chi connectivity index (χ4v) is 2.22. The van der Waals surface area contributed by atoms with Crippen LogP contribution in [0.3, 0.4) is 0 Å². The number of aryl methyl sites for hydroxylation is 1. The van der Waals surface area contributed by atoms with E-state index in [2.05, 4.69) is 12.3 Å². The van der Waals surface area contributed by atoms with E-state index in [-0.39, 0.29) is 11.9 Å². The predicted octanol–water partition coefficient (Wildman–Crippen LogP) is 4.00. The second-order valence-electron chi connectivity index (χ2n) is 4.90. The maximum atomic E-state index is 14.0. The van der Waals surface area contributed by atoms with Gasteiger partial charge in [0.05, 0.1) is 0 Å². The van der Waals surface area contributed by atoms with Crippen LogP contribution in [0.25, 0.3) is 0 Å². The molecule has 102 valence electrons. The van der Waals surface area contributed by atoms with Gasteiger partial charge in [-0.2, -0.15) is 0 Å². The van der Waals surface area contributed by atoms with Crippen molar-refractivity contribution in [1.82, 2.24) is 5.43 Å². The molecule has 2 nitrogen and oxygen atoms in total. The summed E-state index contributed by atoms with van der Waals surface area (Å²) in [4.78, 5) is 0. The average Bonchev–Trinajstić information content (AvgIpc) is 2.38. The van der Waals surface area contributed by atoms with Crippen LogP contribution in [0, 0.1) is 12.7 Å². The first-order chi connectivity index (χ1) is 8.70. The highest BCUT2D eigenvalue weighted by Gasteiger charge is 2.14. The topological polar surface area (TPSA) is 38.0 Å². The van der Waals surface area contributed by atoms with Gasteiger partial charge in [0.2, 0.25) is 0 Å². The van der Waals surface area contributed by atoms with Gasteiger partial charge in [-0.15, -0.1) is 0 Å². The number of hydrazine groups is 1. The van der Waals surface area contributed by atoms with Crippen molar-refractivity contribution in [2.75, 3.05) is 0 Å². The van der Waals surface area contributed by atoms with Crippen LogP contribution >= 0.6 is 0 Å². The van der Waals surface area contributed by atoms with Gasteiger partial charge < -0.3 is 0 Å². The van der Waals surface area contributed by atoms with Gasteiger partial charge in [0.25, 0.3) is 0 Å². The molecule has 0 radical (unpaired) electrons. The summed E-state index contributed by atoms with van der Waals surface area (Å²) in [5.74, 6) is 5.42. The van der Waals surface area contributed by atoms with E-state index in [4.69, 9.17) is 5.84 Å².